The number of fused-ring (bicyclic) bond motifs is 1. The Morgan fingerprint density at radius 1 is 1.25 bits per heavy atom. The first-order chi connectivity index (χ1) is 13.3. The highest BCUT2D eigenvalue weighted by molar-refractivity contribution is 5.87. The minimum Gasteiger partial charge on any atom is -0.872 e. The van der Waals surface area contributed by atoms with E-state index in [1.54, 1.807) is 19.3 Å². The maximum atomic E-state index is 13.3. The van der Waals surface area contributed by atoms with Crippen LogP contribution in [0, 0.1) is 20.8 Å². The highest BCUT2D eigenvalue weighted by Gasteiger charge is 2.44. The average molecular weight is 377 g/mol. The van der Waals surface area contributed by atoms with Gasteiger partial charge >= 0.3 is 5.91 Å². The fraction of sp³-hybridized carbons (Fsp3) is 0.318. The summed E-state index contributed by atoms with van der Waals surface area (Å²) in [5.74, 6) is 1.15. The minimum atomic E-state index is -1.04. The molecular weight excluding hydrogens is 354 g/mol. The Labute approximate surface area is 164 Å². The van der Waals surface area contributed by atoms with Gasteiger partial charge in [-0.3, -0.25) is 0 Å². The van der Waals surface area contributed by atoms with Crippen LogP contribution in [0.1, 0.15) is 40.7 Å². The third kappa shape index (κ3) is 2.85. The molecule has 2 aromatic carbocycles. The predicted octanol–water partition coefficient (Wildman–Crippen LogP) is 2.58. The Balaban J connectivity index is 1.69. The molecule has 3 aromatic rings. The highest BCUT2D eigenvalue weighted by Crippen LogP contribution is 2.40. The van der Waals surface area contributed by atoms with Gasteiger partial charge in [-0.25, -0.2) is 9.36 Å². The quantitative estimate of drug-likeness (QED) is 0.644. The number of para-hydroxylation sites is 1. The van der Waals surface area contributed by atoms with Crippen molar-refractivity contribution in [2.75, 3.05) is 0 Å². The molecule has 0 spiro atoms. The summed E-state index contributed by atoms with van der Waals surface area (Å²) in [4.78, 5) is 13.3. The third-order valence-corrected chi connectivity index (χ3v) is 5.50. The van der Waals surface area contributed by atoms with E-state index in [-0.39, 0.29) is 11.7 Å². The first kappa shape index (κ1) is 18.2. The van der Waals surface area contributed by atoms with Gasteiger partial charge in [-0.2, -0.15) is 0 Å². The first-order valence-electron chi connectivity index (χ1n) is 9.37. The summed E-state index contributed by atoms with van der Waals surface area (Å²) >= 11 is 0. The van der Waals surface area contributed by atoms with Crippen molar-refractivity contribution < 1.29 is 19.2 Å². The molecule has 6 nitrogen and oxygen atoms in total. The van der Waals surface area contributed by atoms with Gasteiger partial charge in [0.15, 0.2) is 0 Å². The fourth-order valence-corrected chi connectivity index (χ4v) is 3.77. The molecule has 0 N–H and O–H groups in total. The zero-order valence-electron chi connectivity index (χ0n) is 16.5. The van der Waals surface area contributed by atoms with Crippen LogP contribution in [0.4, 0.5) is 0 Å². The molecule has 1 aromatic heterocycles. The number of aromatic nitrogens is 3. The van der Waals surface area contributed by atoms with Crippen LogP contribution in [0.25, 0.3) is 5.69 Å². The predicted molar refractivity (Wildman–Crippen MR) is 102 cm³/mol. The summed E-state index contributed by atoms with van der Waals surface area (Å²) in [6.45, 7) is 7.31. The van der Waals surface area contributed by atoms with Gasteiger partial charge in [0.2, 0.25) is 11.9 Å². The van der Waals surface area contributed by atoms with Crippen molar-refractivity contribution in [1.29, 1.82) is 0 Å². The van der Waals surface area contributed by atoms with E-state index in [1.807, 2.05) is 55.7 Å². The van der Waals surface area contributed by atoms with Gasteiger partial charge in [-0.1, -0.05) is 29.8 Å². The van der Waals surface area contributed by atoms with Crippen molar-refractivity contribution in [3.63, 3.8) is 0 Å². The molecule has 144 valence electrons. The fourth-order valence-electron chi connectivity index (χ4n) is 3.77. The maximum Gasteiger partial charge on any atom is 0.361 e. The number of rotatable bonds is 2. The molecule has 6 heteroatoms. The second-order valence-corrected chi connectivity index (χ2v) is 7.58. The zero-order valence-corrected chi connectivity index (χ0v) is 16.5. The van der Waals surface area contributed by atoms with Crippen molar-refractivity contribution in [3.8, 4) is 17.2 Å². The number of aryl methyl sites for hydroxylation is 2. The summed E-state index contributed by atoms with van der Waals surface area (Å²) in [5, 5.41) is 16.5. The lowest BCUT2D eigenvalue weighted by Crippen LogP contribution is -2.48. The number of benzene rings is 2. The normalized spacial score (nSPS) is 18.4. The lowest BCUT2D eigenvalue weighted by Gasteiger charge is -2.35. The van der Waals surface area contributed by atoms with Crippen LogP contribution in [0.2, 0.25) is 0 Å². The van der Waals surface area contributed by atoms with Crippen molar-refractivity contribution in [2.24, 2.45) is 0 Å². The Morgan fingerprint density at radius 2 is 1.96 bits per heavy atom. The number of carbonyl (C=O) groups excluding carboxylic acids is 1. The summed E-state index contributed by atoms with van der Waals surface area (Å²) in [7, 11) is 0. The molecule has 0 aliphatic carbocycles. The molecule has 0 fully saturated rings. The van der Waals surface area contributed by atoms with Crippen molar-refractivity contribution >= 4 is 5.91 Å². The molecule has 1 aliphatic rings. The average Bonchev–Trinajstić information content (AvgIpc) is 3.08. The maximum absolute atomic E-state index is 13.3. The summed E-state index contributed by atoms with van der Waals surface area (Å²) in [6.07, 6.45) is 2.81. The van der Waals surface area contributed by atoms with Gasteiger partial charge in [0.1, 0.15) is 11.4 Å². The lowest BCUT2D eigenvalue weighted by atomic mass is 9.88. The molecule has 0 bridgehead atoms. The van der Waals surface area contributed by atoms with Crippen LogP contribution in [0.5, 0.6) is 11.5 Å². The van der Waals surface area contributed by atoms with Gasteiger partial charge in [0.25, 0.3) is 5.82 Å². The van der Waals surface area contributed by atoms with Crippen molar-refractivity contribution in [1.82, 2.24) is 9.78 Å². The molecule has 0 saturated carbocycles. The number of hydrogen-bond donors (Lipinski definition) is 0. The van der Waals surface area contributed by atoms with Crippen LogP contribution in [0.15, 0.2) is 42.7 Å². The minimum absolute atomic E-state index is 0.0152. The van der Waals surface area contributed by atoms with E-state index in [9.17, 15) is 9.90 Å². The van der Waals surface area contributed by atoms with Gasteiger partial charge in [-0.15, -0.1) is 5.75 Å². The monoisotopic (exact) mass is 377 g/mol. The van der Waals surface area contributed by atoms with E-state index in [1.165, 1.54) is 4.68 Å². The SMILES string of the molecule is Cc1cc([O-])c(C)c2c1OC(C)(C(=O)n1c[n+](-c3ccccc3)c(C)n1)CC2. The topological polar surface area (TPSA) is 71.1 Å². The second-order valence-electron chi connectivity index (χ2n) is 7.58. The van der Waals surface area contributed by atoms with E-state index >= 15 is 0 Å². The Bertz CT molecular complexity index is 1070. The van der Waals surface area contributed by atoms with Crippen LogP contribution >= 0.6 is 0 Å². The van der Waals surface area contributed by atoms with E-state index in [0.29, 0.717) is 30.0 Å². The van der Waals surface area contributed by atoms with Crippen molar-refractivity contribution in [3.05, 3.63) is 65.2 Å². The molecule has 28 heavy (non-hydrogen) atoms. The van der Waals surface area contributed by atoms with E-state index < -0.39 is 5.60 Å². The molecule has 2 heterocycles. The number of hydrogen-bond acceptors (Lipinski definition) is 4. The van der Waals surface area contributed by atoms with Crippen LogP contribution < -0.4 is 14.4 Å². The van der Waals surface area contributed by atoms with Crippen molar-refractivity contribution in [2.45, 2.75) is 46.1 Å². The molecule has 1 unspecified atom stereocenters. The Kier molecular flexibility index (Phi) is 4.22. The van der Waals surface area contributed by atoms with Crippen LogP contribution in [-0.2, 0) is 6.42 Å². The number of nitrogens with zero attached hydrogens (tertiary/aromatic N) is 3. The highest BCUT2D eigenvalue weighted by atomic mass is 16.5. The third-order valence-electron chi connectivity index (χ3n) is 5.50. The molecule has 0 radical (unpaired) electrons. The smallest absolute Gasteiger partial charge is 0.361 e. The molecule has 1 aliphatic heterocycles. The van der Waals surface area contributed by atoms with Gasteiger partial charge in [-0.05, 0) is 55.1 Å². The molecule has 0 saturated heterocycles. The summed E-state index contributed by atoms with van der Waals surface area (Å²) in [5.41, 5.74) is 2.27. The second kappa shape index (κ2) is 6.48. The Hall–Kier alpha value is -3.15. The van der Waals surface area contributed by atoms with Crippen LogP contribution in [0.3, 0.4) is 0 Å². The first-order valence-corrected chi connectivity index (χ1v) is 9.37. The molecule has 4 rings (SSSR count). The van der Waals surface area contributed by atoms with Gasteiger partial charge in [0.05, 0.1) is 0 Å². The zero-order chi connectivity index (χ0) is 20.1. The number of carbonyl (C=O) groups is 1. The standard InChI is InChI=1S/C22H23N3O3/c1-14-12-19(26)15(2)18-10-11-22(4,28-20(14)18)21(27)25-13-24(16(3)23-25)17-8-6-5-7-9-17/h5-9,12-13H,10-11H2,1-4H3. The summed E-state index contributed by atoms with van der Waals surface area (Å²) in [6, 6.07) is 11.3. The van der Waals surface area contributed by atoms with E-state index in [0.717, 1.165) is 16.8 Å². The molecule has 1 atom stereocenters. The molecule has 0 amide bonds. The Morgan fingerprint density at radius 3 is 2.68 bits per heavy atom. The van der Waals surface area contributed by atoms with Gasteiger partial charge < -0.3 is 9.84 Å². The van der Waals surface area contributed by atoms with Crippen LogP contribution in [-0.4, -0.2) is 21.3 Å². The summed E-state index contributed by atoms with van der Waals surface area (Å²) < 4.78 is 9.43. The number of ether oxygens (including phenoxy) is 1. The van der Waals surface area contributed by atoms with Gasteiger partial charge in [0, 0.05) is 18.4 Å². The molecular formula is C22H23N3O3. The lowest BCUT2D eigenvalue weighted by molar-refractivity contribution is -0.603. The van der Waals surface area contributed by atoms with E-state index in [2.05, 4.69) is 5.10 Å². The van der Waals surface area contributed by atoms with E-state index in [4.69, 9.17) is 4.74 Å². The largest absolute Gasteiger partial charge is 0.872 e.